The van der Waals surface area contributed by atoms with Gasteiger partial charge in [-0.2, -0.15) is 0 Å². The van der Waals surface area contributed by atoms with Crippen LogP contribution in [0.4, 0.5) is 0 Å². The standard InChI is InChI=1S/C34H43N3O7S/c1-22-28-30(38)37(34(32(35)39)16-8-9-17-34)33(40)36(31(28)45-29(22)26-13-5-3-4-10-18-43-26)21-27(44-23-14-19-42-20-15-23)24-11-6-7-12-25(24)41-2/h6-7,10-13,18,23,27,32,39H,3-5,8-9,14-17,19-21,35H2,1-2H3/b18-10-,26-13+/t27-,32?/m0/s1. The molecule has 1 saturated heterocycles. The molecule has 3 aromatic rings. The first kappa shape index (κ1) is 31.7. The van der Waals surface area contributed by atoms with Crippen molar-refractivity contribution in [2.24, 2.45) is 5.73 Å². The molecule has 1 aromatic carbocycles. The van der Waals surface area contributed by atoms with Gasteiger partial charge < -0.3 is 29.8 Å². The maximum Gasteiger partial charge on any atom is 0.332 e. The summed E-state index contributed by atoms with van der Waals surface area (Å²) in [5.74, 6) is 1.32. The number of allylic oxidation sites excluding steroid dienone is 2. The lowest BCUT2D eigenvalue weighted by atomic mass is 9.94. The number of para-hydroxylation sites is 1. The van der Waals surface area contributed by atoms with Gasteiger partial charge in [0.25, 0.3) is 5.56 Å². The van der Waals surface area contributed by atoms with E-state index in [4.69, 9.17) is 24.7 Å². The van der Waals surface area contributed by atoms with Crippen molar-refractivity contribution in [3.8, 4) is 5.75 Å². The largest absolute Gasteiger partial charge is 0.496 e. The molecule has 0 bridgehead atoms. The minimum Gasteiger partial charge on any atom is -0.496 e. The number of ether oxygens (including phenoxy) is 4. The number of benzene rings is 1. The molecule has 2 aromatic heterocycles. The summed E-state index contributed by atoms with van der Waals surface area (Å²) in [6.07, 6.45) is 10.4. The van der Waals surface area contributed by atoms with E-state index in [0.29, 0.717) is 47.8 Å². The van der Waals surface area contributed by atoms with Crippen LogP contribution in [0, 0.1) is 6.92 Å². The van der Waals surface area contributed by atoms with Gasteiger partial charge in [-0.25, -0.2) is 9.36 Å². The molecule has 2 atom stereocenters. The molecular weight excluding hydrogens is 594 g/mol. The molecule has 11 heteroatoms. The smallest absolute Gasteiger partial charge is 0.332 e. The molecule has 1 saturated carbocycles. The maximum atomic E-state index is 14.7. The Kier molecular flexibility index (Phi) is 9.62. The fourth-order valence-corrected chi connectivity index (χ4v) is 8.27. The summed E-state index contributed by atoms with van der Waals surface area (Å²) in [6.45, 7) is 3.24. The van der Waals surface area contributed by atoms with Gasteiger partial charge in [-0.3, -0.25) is 9.36 Å². The highest BCUT2D eigenvalue weighted by molar-refractivity contribution is 7.19. The third-order valence-electron chi connectivity index (χ3n) is 9.46. The summed E-state index contributed by atoms with van der Waals surface area (Å²) < 4.78 is 27.0. The highest BCUT2D eigenvalue weighted by Crippen LogP contribution is 2.40. The first-order chi connectivity index (χ1) is 21.9. The second-order valence-electron chi connectivity index (χ2n) is 12.2. The van der Waals surface area contributed by atoms with Crippen molar-refractivity contribution < 1.29 is 24.1 Å². The number of hydrogen-bond acceptors (Lipinski definition) is 9. The van der Waals surface area contributed by atoms with E-state index in [0.717, 1.165) is 60.9 Å². The second kappa shape index (κ2) is 13.6. The summed E-state index contributed by atoms with van der Waals surface area (Å²) in [5, 5.41) is 11.4. The molecule has 6 rings (SSSR count). The van der Waals surface area contributed by atoms with E-state index in [1.165, 1.54) is 15.9 Å². The summed E-state index contributed by atoms with van der Waals surface area (Å²) in [5.41, 5.74) is 5.62. The van der Waals surface area contributed by atoms with Gasteiger partial charge in [0.2, 0.25) is 0 Å². The summed E-state index contributed by atoms with van der Waals surface area (Å²) in [6, 6.07) is 7.66. The van der Waals surface area contributed by atoms with Gasteiger partial charge in [-0.05, 0) is 75.7 Å². The van der Waals surface area contributed by atoms with E-state index in [9.17, 15) is 14.7 Å². The highest BCUT2D eigenvalue weighted by atomic mass is 32.1. The number of nitrogens with zero attached hydrogens (tertiary/aromatic N) is 2. The van der Waals surface area contributed by atoms with Crippen molar-refractivity contribution in [1.29, 1.82) is 0 Å². The molecule has 1 unspecified atom stereocenters. The van der Waals surface area contributed by atoms with Gasteiger partial charge in [-0.1, -0.05) is 31.0 Å². The number of aromatic nitrogens is 2. The van der Waals surface area contributed by atoms with Crippen LogP contribution in [-0.4, -0.2) is 46.9 Å². The minimum absolute atomic E-state index is 0.0707. The second-order valence-corrected chi connectivity index (χ2v) is 13.2. The quantitative estimate of drug-likeness (QED) is 0.311. The molecule has 3 aliphatic rings. The Balaban J connectivity index is 1.58. The third-order valence-corrected chi connectivity index (χ3v) is 10.8. The van der Waals surface area contributed by atoms with E-state index in [1.807, 2.05) is 37.3 Å². The van der Waals surface area contributed by atoms with E-state index in [2.05, 4.69) is 6.08 Å². The number of hydrogen-bond donors (Lipinski definition) is 2. The molecule has 4 heterocycles. The van der Waals surface area contributed by atoms with Gasteiger partial charge in [0.05, 0.1) is 41.8 Å². The Morgan fingerprint density at radius 1 is 1.13 bits per heavy atom. The molecule has 45 heavy (non-hydrogen) atoms. The fourth-order valence-electron chi connectivity index (χ4n) is 6.98. The van der Waals surface area contributed by atoms with Crippen molar-refractivity contribution in [1.82, 2.24) is 9.13 Å². The van der Waals surface area contributed by atoms with Crippen LogP contribution in [0.15, 0.2) is 52.3 Å². The molecule has 2 fully saturated rings. The van der Waals surface area contributed by atoms with E-state index >= 15 is 0 Å². The molecule has 10 nitrogen and oxygen atoms in total. The zero-order chi connectivity index (χ0) is 31.6. The lowest BCUT2D eigenvalue weighted by Crippen LogP contribution is -2.58. The predicted octanol–water partition coefficient (Wildman–Crippen LogP) is 5.08. The van der Waals surface area contributed by atoms with Crippen molar-refractivity contribution in [2.75, 3.05) is 20.3 Å². The number of aliphatic hydroxyl groups excluding tert-OH is 1. The van der Waals surface area contributed by atoms with Crippen LogP contribution in [0.3, 0.4) is 0 Å². The molecule has 1 aliphatic carbocycles. The number of fused-ring (bicyclic) bond motifs is 1. The Bertz CT molecular complexity index is 1690. The summed E-state index contributed by atoms with van der Waals surface area (Å²) in [4.78, 5) is 30.5. The third kappa shape index (κ3) is 6.04. The Morgan fingerprint density at radius 3 is 2.62 bits per heavy atom. The number of nitrogens with two attached hydrogens (primary N) is 1. The lowest BCUT2D eigenvalue weighted by molar-refractivity contribution is -0.0755. The lowest BCUT2D eigenvalue weighted by Gasteiger charge is -2.34. The minimum atomic E-state index is -1.37. The first-order valence-corrected chi connectivity index (χ1v) is 16.8. The highest BCUT2D eigenvalue weighted by Gasteiger charge is 2.44. The molecule has 0 spiro atoms. The van der Waals surface area contributed by atoms with Crippen LogP contribution in [0.1, 0.15) is 79.9 Å². The van der Waals surface area contributed by atoms with E-state index in [-0.39, 0.29) is 12.6 Å². The zero-order valence-corrected chi connectivity index (χ0v) is 26.9. The van der Waals surface area contributed by atoms with Crippen molar-refractivity contribution >= 4 is 27.3 Å². The molecular formula is C34H43N3O7S. The average Bonchev–Trinajstić information content (AvgIpc) is 3.65. The zero-order valence-electron chi connectivity index (χ0n) is 26.0. The van der Waals surface area contributed by atoms with Crippen LogP contribution < -0.4 is 21.7 Å². The predicted molar refractivity (Wildman–Crippen MR) is 174 cm³/mol. The summed E-state index contributed by atoms with van der Waals surface area (Å²) >= 11 is 1.38. The molecule has 242 valence electrons. The first-order valence-electron chi connectivity index (χ1n) is 16.0. The van der Waals surface area contributed by atoms with E-state index < -0.39 is 29.1 Å². The number of methoxy groups -OCH3 is 1. The van der Waals surface area contributed by atoms with Crippen LogP contribution in [0.25, 0.3) is 16.0 Å². The van der Waals surface area contributed by atoms with Crippen LogP contribution >= 0.6 is 11.3 Å². The number of thiophene rings is 1. The van der Waals surface area contributed by atoms with Crippen molar-refractivity contribution in [3.05, 3.63) is 79.5 Å². The van der Waals surface area contributed by atoms with Gasteiger partial charge in [0, 0.05) is 18.8 Å². The van der Waals surface area contributed by atoms with Crippen LogP contribution in [0.2, 0.25) is 0 Å². The van der Waals surface area contributed by atoms with Gasteiger partial charge in [0.1, 0.15) is 28.7 Å². The number of aryl methyl sites for hydroxylation is 1. The van der Waals surface area contributed by atoms with Gasteiger partial charge in [0.15, 0.2) is 0 Å². The van der Waals surface area contributed by atoms with Crippen LogP contribution in [0.5, 0.6) is 5.75 Å². The van der Waals surface area contributed by atoms with Gasteiger partial charge >= 0.3 is 5.69 Å². The number of rotatable bonds is 9. The average molecular weight is 638 g/mol. The monoisotopic (exact) mass is 637 g/mol. The Morgan fingerprint density at radius 2 is 1.89 bits per heavy atom. The normalized spacial score (nSPS) is 22.2. The Hall–Kier alpha value is -3.22. The SMILES string of the molecule is COc1ccccc1[C@H](Cn1c(=O)n(C2(C(N)O)CCCC2)c(=O)c2c(C)c(/C3=C\CCC/C=C\O3)sc21)OC1CCOCC1. The molecule has 0 amide bonds. The van der Waals surface area contributed by atoms with Crippen molar-refractivity contribution in [3.63, 3.8) is 0 Å². The Labute approximate surface area is 266 Å². The maximum absolute atomic E-state index is 14.7. The summed E-state index contributed by atoms with van der Waals surface area (Å²) in [7, 11) is 1.62. The molecule has 0 radical (unpaired) electrons. The van der Waals surface area contributed by atoms with Crippen LogP contribution in [-0.2, 0) is 26.3 Å². The van der Waals surface area contributed by atoms with E-state index in [1.54, 1.807) is 17.9 Å². The van der Waals surface area contributed by atoms with Crippen molar-refractivity contribution in [2.45, 2.75) is 95.2 Å². The fraction of sp³-hybridized carbons (Fsp3) is 0.529. The molecule has 2 aliphatic heterocycles. The number of aliphatic hydroxyl groups is 1. The topological polar surface area (TPSA) is 127 Å². The van der Waals surface area contributed by atoms with Gasteiger partial charge in [-0.15, -0.1) is 11.3 Å². The molecule has 3 N–H and O–H groups in total.